The van der Waals surface area contributed by atoms with Gasteiger partial charge < -0.3 is 19.5 Å². The summed E-state index contributed by atoms with van der Waals surface area (Å²) in [7, 11) is 0. The van der Waals surface area contributed by atoms with Crippen LogP contribution in [0.4, 0.5) is 0 Å². The molecule has 0 aliphatic carbocycles. The molecule has 1 saturated heterocycles. The number of carbonyl (C=O) groups excluding carboxylic acids is 1. The van der Waals surface area contributed by atoms with Crippen molar-refractivity contribution >= 4 is 5.97 Å². The van der Waals surface area contributed by atoms with Gasteiger partial charge in [0.2, 0.25) is 0 Å². The first-order valence-electron chi connectivity index (χ1n) is 8.59. The average Bonchev–Trinajstić information content (AvgIpc) is 2.68. The van der Waals surface area contributed by atoms with E-state index in [0.717, 1.165) is 12.1 Å². The maximum Gasteiger partial charge on any atom is 0.341 e. The second-order valence-electron chi connectivity index (χ2n) is 5.78. The Hall–Kier alpha value is -2.37. The fourth-order valence-electron chi connectivity index (χ4n) is 2.87. The van der Waals surface area contributed by atoms with Crippen LogP contribution in [0.2, 0.25) is 0 Å². The molecule has 1 N–H and O–H groups in total. The lowest BCUT2D eigenvalue weighted by Crippen LogP contribution is -2.43. The summed E-state index contributed by atoms with van der Waals surface area (Å²) in [6.07, 6.45) is -0.448. The van der Waals surface area contributed by atoms with Gasteiger partial charge in [-0.3, -0.25) is 0 Å². The van der Waals surface area contributed by atoms with Gasteiger partial charge in [0, 0.05) is 13.1 Å². The maximum absolute atomic E-state index is 12.2. The van der Waals surface area contributed by atoms with Crippen molar-refractivity contribution in [3.63, 3.8) is 0 Å². The van der Waals surface area contributed by atoms with Gasteiger partial charge in [0.15, 0.2) is 6.10 Å². The van der Waals surface area contributed by atoms with E-state index in [1.807, 2.05) is 36.4 Å². The van der Waals surface area contributed by atoms with Crippen molar-refractivity contribution < 1.29 is 19.0 Å². The van der Waals surface area contributed by atoms with Crippen LogP contribution < -0.4 is 10.1 Å². The minimum atomic E-state index is -0.382. The Morgan fingerprint density at radius 3 is 2.68 bits per heavy atom. The van der Waals surface area contributed by atoms with E-state index in [2.05, 4.69) is 5.32 Å². The van der Waals surface area contributed by atoms with Gasteiger partial charge in [-0.05, 0) is 24.6 Å². The molecule has 5 heteroatoms. The van der Waals surface area contributed by atoms with Crippen molar-refractivity contribution in [2.24, 2.45) is 0 Å². The van der Waals surface area contributed by atoms with Crippen molar-refractivity contribution in [2.45, 2.75) is 19.1 Å². The fourth-order valence-corrected chi connectivity index (χ4v) is 2.87. The number of nitrogens with one attached hydrogen (secondary N) is 1. The number of rotatable bonds is 6. The van der Waals surface area contributed by atoms with Gasteiger partial charge in [0.05, 0.1) is 13.2 Å². The lowest BCUT2D eigenvalue weighted by atomic mass is 10.0. The molecular formula is C20H23NO4. The lowest BCUT2D eigenvalue weighted by molar-refractivity contribution is -0.0435. The highest BCUT2D eigenvalue weighted by Gasteiger charge is 2.29. The SMILES string of the molecule is CCOC(=O)c1ccccc1O[C@@H](c1ccccc1)[C@@H]1CNCCO1. The summed E-state index contributed by atoms with van der Waals surface area (Å²) in [6.45, 7) is 4.27. The van der Waals surface area contributed by atoms with Crippen molar-refractivity contribution in [3.05, 3.63) is 65.7 Å². The van der Waals surface area contributed by atoms with Gasteiger partial charge in [-0.2, -0.15) is 0 Å². The number of ether oxygens (including phenoxy) is 3. The minimum absolute atomic E-state index is 0.133. The van der Waals surface area contributed by atoms with E-state index < -0.39 is 0 Å². The van der Waals surface area contributed by atoms with Crippen molar-refractivity contribution in [1.82, 2.24) is 5.32 Å². The van der Waals surface area contributed by atoms with E-state index in [1.54, 1.807) is 25.1 Å². The number of esters is 1. The second kappa shape index (κ2) is 8.65. The highest BCUT2D eigenvalue weighted by atomic mass is 16.6. The Morgan fingerprint density at radius 2 is 1.96 bits per heavy atom. The van der Waals surface area contributed by atoms with Gasteiger partial charge in [0.1, 0.15) is 17.4 Å². The summed E-state index contributed by atoms with van der Waals surface area (Å²) in [4.78, 5) is 12.2. The zero-order valence-electron chi connectivity index (χ0n) is 14.3. The average molecular weight is 341 g/mol. The molecule has 2 aromatic carbocycles. The molecule has 2 atom stereocenters. The summed E-state index contributed by atoms with van der Waals surface area (Å²) in [5, 5.41) is 3.33. The number of hydrogen-bond donors (Lipinski definition) is 1. The summed E-state index contributed by atoms with van der Waals surface area (Å²) >= 11 is 0. The largest absolute Gasteiger partial charge is 0.482 e. The molecule has 5 nitrogen and oxygen atoms in total. The Kier molecular flexibility index (Phi) is 6.04. The van der Waals surface area contributed by atoms with Crippen LogP contribution in [0, 0.1) is 0 Å². The molecule has 1 heterocycles. The standard InChI is InChI=1S/C20H23NO4/c1-2-23-20(22)16-10-6-7-11-17(16)25-19(15-8-4-3-5-9-15)18-14-21-12-13-24-18/h3-11,18-19,21H,2,12-14H2,1H3/t18-,19-/m0/s1. The highest BCUT2D eigenvalue weighted by molar-refractivity contribution is 5.92. The fraction of sp³-hybridized carbons (Fsp3) is 0.350. The molecule has 0 radical (unpaired) electrons. The lowest BCUT2D eigenvalue weighted by Gasteiger charge is -2.32. The maximum atomic E-state index is 12.2. The number of para-hydroxylation sites is 1. The predicted octanol–water partition coefficient (Wildman–Crippen LogP) is 2.97. The van der Waals surface area contributed by atoms with E-state index in [0.29, 0.717) is 31.1 Å². The molecule has 0 unspecified atom stereocenters. The third-order valence-electron chi connectivity index (χ3n) is 4.06. The van der Waals surface area contributed by atoms with E-state index >= 15 is 0 Å². The first-order valence-corrected chi connectivity index (χ1v) is 8.59. The van der Waals surface area contributed by atoms with Crippen LogP contribution in [0.5, 0.6) is 5.75 Å². The quantitative estimate of drug-likeness (QED) is 0.819. The predicted molar refractivity (Wildman–Crippen MR) is 94.8 cm³/mol. The van der Waals surface area contributed by atoms with Crippen LogP contribution in [-0.4, -0.2) is 38.4 Å². The van der Waals surface area contributed by atoms with E-state index in [9.17, 15) is 4.79 Å². The number of morpholine rings is 1. The number of carbonyl (C=O) groups is 1. The number of benzene rings is 2. The van der Waals surface area contributed by atoms with Gasteiger partial charge in [-0.1, -0.05) is 42.5 Å². The summed E-state index contributed by atoms with van der Waals surface area (Å²) in [5.41, 5.74) is 1.43. The molecule has 1 aliphatic heterocycles. The Morgan fingerprint density at radius 1 is 1.20 bits per heavy atom. The van der Waals surface area contributed by atoms with E-state index in [-0.39, 0.29) is 18.2 Å². The molecule has 0 bridgehead atoms. The molecule has 0 spiro atoms. The molecule has 1 fully saturated rings. The third-order valence-corrected chi connectivity index (χ3v) is 4.06. The van der Waals surface area contributed by atoms with Gasteiger partial charge in [-0.25, -0.2) is 4.79 Å². The zero-order valence-corrected chi connectivity index (χ0v) is 14.3. The topological polar surface area (TPSA) is 56.8 Å². The van der Waals surface area contributed by atoms with Crippen molar-refractivity contribution in [1.29, 1.82) is 0 Å². The Labute approximate surface area is 147 Å². The van der Waals surface area contributed by atoms with Crippen LogP contribution in [0.1, 0.15) is 28.9 Å². The molecule has 132 valence electrons. The molecule has 3 rings (SSSR count). The molecule has 1 aliphatic rings. The van der Waals surface area contributed by atoms with E-state index in [1.165, 1.54) is 0 Å². The Bertz CT molecular complexity index is 683. The van der Waals surface area contributed by atoms with E-state index in [4.69, 9.17) is 14.2 Å². The van der Waals surface area contributed by atoms with Crippen molar-refractivity contribution in [2.75, 3.05) is 26.3 Å². The van der Waals surface area contributed by atoms with Crippen LogP contribution >= 0.6 is 0 Å². The highest BCUT2D eigenvalue weighted by Crippen LogP contribution is 2.30. The molecule has 0 aromatic heterocycles. The van der Waals surface area contributed by atoms with Crippen LogP contribution in [0.25, 0.3) is 0 Å². The molecule has 25 heavy (non-hydrogen) atoms. The molecular weight excluding hydrogens is 318 g/mol. The van der Waals surface area contributed by atoms with Gasteiger partial charge in [-0.15, -0.1) is 0 Å². The molecule has 2 aromatic rings. The van der Waals surface area contributed by atoms with Gasteiger partial charge >= 0.3 is 5.97 Å². The first kappa shape index (κ1) is 17.5. The molecule has 0 saturated carbocycles. The third kappa shape index (κ3) is 4.38. The monoisotopic (exact) mass is 341 g/mol. The molecule has 0 amide bonds. The minimum Gasteiger partial charge on any atom is -0.482 e. The summed E-state index contributed by atoms with van der Waals surface area (Å²) < 4.78 is 17.3. The first-order chi connectivity index (χ1) is 12.3. The smallest absolute Gasteiger partial charge is 0.341 e. The zero-order chi connectivity index (χ0) is 17.5. The number of hydrogen-bond acceptors (Lipinski definition) is 5. The van der Waals surface area contributed by atoms with Gasteiger partial charge in [0.25, 0.3) is 0 Å². The van der Waals surface area contributed by atoms with Crippen LogP contribution in [-0.2, 0) is 9.47 Å². The van der Waals surface area contributed by atoms with Crippen molar-refractivity contribution in [3.8, 4) is 5.75 Å². The summed E-state index contributed by atoms with van der Waals surface area (Å²) in [5.74, 6) is 0.122. The van der Waals surface area contributed by atoms with Crippen LogP contribution in [0.3, 0.4) is 0 Å². The second-order valence-corrected chi connectivity index (χ2v) is 5.78. The summed E-state index contributed by atoms with van der Waals surface area (Å²) in [6, 6.07) is 17.1. The van der Waals surface area contributed by atoms with Crippen LogP contribution in [0.15, 0.2) is 54.6 Å². The normalized spacial score (nSPS) is 18.4. The Balaban J connectivity index is 1.89.